The van der Waals surface area contributed by atoms with Crippen LogP contribution in [0.4, 0.5) is 0 Å². The highest BCUT2D eigenvalue weighted by molar-refractivity contribution is 9.09. The van der Waals surface area contributed by atoms with Gasteiger partial charge in [0.1, 0.15) is 0 Å². The number of nitrogens with two attached hydrogens (primary N) is 1. The Bertz CT molecular complexity index is 67.5. The molecule has 0 saturated heterocycles. The number of rotatable bonds is 0. The first kappa shape index (κ1) is 9.92. The maximum atomic E-state index is 5.73. The van der Waals surface area contributed by atoms with E-state index in [1.54, 1.807) is 0 Å². The molecule has 0 aromatic carbocycles. The highest BCUT2D eigenvalue weighted by atomic mass is 79.9. The SMILES string of the molecule is Br.N[C@H]1CCCC[C@H]1Br. The zero-order chi connectivity index (χ0) is 5.98. The molecule has 1 saturated carbocycles. The molecule has 0 radical (unpaired) electrons. The maximum absolute atomic E-state index is 5.73. The Labute approximate surface area is 75.3 Å². The van der Waals surface area contributed by atoms with Gasteiger partial charge < -0.3 is 5.73 Å². The third-order valence-corrected chi connectivity index (χ3v) is 2.87. The van der Waals surface area contributed by atoms with E-state index in [4.69, 9.17) is 5.73 Å². The second-order valence-corrected chi connectivity index (χ2v) is 3.64. The van der Waals surface area contributed by atoms with Gasteiger partial charge in [0.2, 0.25) is 0 Å². The number of alkyl halides is 1. The van der Waals surface area contributed by atoms with Crippen molar-refractivity contribution < 1.29 is 0 Å². The lowest BCUT2D eigenvalue weighted by Gasteiger charge is -2.22. The summed E-state index contributed by atoms with van der Waals surface area (Å²) >= 11 is 3.53. The third kappa shape index (κ3) is 3.01. The molecule has 2 atom stereocenters. The van der Waals surface area contributed by atoms with Crippen LogP contribution in [0, 0.1) is 0 Å². The Kier molecular flexibility index (Phi) is 5.17. The van der Waals surface area contributed by atoms with Gasteiger partial charge in [0, 0.05) is 10.9 Å². The van der Waals surface area contributed by atoms with Crippen molar-refractivity contribution in [3.63, 3.8) is 0 Å². The standard InChI is InChI=1S/C6H12BrN.BrH/c7-5-3-1-2-4-6(5)8;/h5-6H,1-4,8H2;1H/t5-,6+;/m1./s1. The van der Waals surface area contributed by atoms with Gasteiger partial charge in [-0.1, -0.05) is 28.8 Å². The second-order valence-electron chi connectivity index (χ2n) is 2.46. The van der Waals surface area contributed by atoms with Gasteiger partial charge in [-0.15, -0.1) is 17.0 Å². The zero-order valence-corrected chi connectivity index (χ0v) is 8.65. The van der Waals surface area contributed by atoms with Crippen molar-refractivity contribution in [1.29, 1.82) is 0 Å². The molecule has 1 fully saturated rings. The fourth-order valence-corrected chi connectivity index (χ4v) is 1.70. The van der Waals surface area contributed by atoms with E-state index >= 15 is 0 Å². The van der Waals surface area contributed by atoms with Crippen LogP contribution in [0.25, 0.3) is 0 Å². The Morgan fingerprint density at radius 1 is 1.22 bits per heavy atom. The van der Waals surface area contributed by atoms with Gasteiger partial charge in [0.25, 0.3) is 0 Å². The molecular weight excluding hydrogens is 246 g/mol. The van der Waals surface area contributed by atoms with Crippen LogP contribution in [0.1, 0.15) is 25.7 Å². The highest BCUT2D eigenvalue weighted by Crippen LogP contribution is 2.22. The van der Waals surface area contributed by atoms with Crippen LogP contribution in [-0.4, -0.2) is 10.9 Å². The van der Waals surface area contributed by atoms with Gasteiger partial charge in [-0.25, -0.2) is 0 Å². The summed E-state index contributed by atoms with van der Waals surface area (Å²) in [5.41, 5.74) is 5.73. The van der Waals surface area contributed by atoms with E-state index in [1.807, 2.05) is 0 Å². The van der Waals surface area contributed by atoms with Crippen molar-refractivity contribution in [2.24, 2.45) is 5.73 Å². The van der Waals surface area contributed by atoms with Crippen molar-refractivity contribution in [3.8, 4) is 0 Å². The van der Waals surface area contributed by atoms with Crippen molar-refractivity contribution >= 4 is 32.9 Å². The Hall–Kier alpha value is 0.920. The smallest absolute Gasteiger partial charge is 0.0297 e. The monoisotopic (exact) mass is 257 g/mol. The van der Waals surface area contributed by atoms with Gasteiger partial charge in [-0.3, -0.25) is 0 Å². The van der Waals surface area contributed by atoms with Crippen molar-refractivity contribution in [3.05, 3.63) is 0 Å². The largest absolute Gasteiger partial charge is 0.327 e. The molecule has 3 heteroatoms. The average molecular weight is 259 g/mol. The Morgan fingerprint density at radius 2 is 1.78 bits per heavy atom. The van der Waals surface area contributed by atoms with E-state index in [2.05, 4.69) is 15.9 Å². The average Bonchev–Trinajstić information content (AvgIpc) is 1.77. The minimum Gasteiger partial charge on any atom is -0.327 e. The minimum absolute atomic E-state index is 0. The van der Waals surface area contributed by atoms with E-state index in [0.29, 0.717) is 10.9 Å². The first-order valence-electron chi connectivity index (χ1n) is 3.20. The van der Waals surface area contributed by atoms with Gasteiger partial charge in [0.05, 0.1) is 0 Å². The molecule has 0 spiro atoms. The van der Waals surface area contributed by atoms with E-state index in [0.717, 1.165) is 0 Å². The lowest BCUT2D eigenvalue weighted by molar-refractivity contribution is 0.458. The van der Waals surface area contributed by atoms with Gasteiger partial charge >= 0.3 is 0 Å². The first-order chi connectivity index (χ1) is 3.80. The van der Waals surface area contributed by atoms with Gasteiger partial charge in [0.15, 0.2) is 0 Å². The van der Waals surface area contributed by atoms with Crippen LogP contribution < -0.4 is 5.73 Å². The lowest BCUT2D eigenvalue weighted by Crippen LogP contribution is -2.33. The molecule has 0 unspecified atom stereocenters. The summed E-state index contributed by atoms with van der Waals surface area (Å²) in [6.45, 7) is 0. The van der Waals surface area contributed by atoms with Crippen LogP contribution in [0.5, 0.6) is 0 Å². The lowest BCUT2D eigenvalue weighted by atomic mass is 9.96. The van der Waals surface area contributed by atoms with Crippen LogP contribution in [0.15, 0.2) is 0 Å². The minimum atomic E-state index is 0. The molecule has 0 amide bonds. The molecule has 1 rings (SSSR count). The molecule has 0 bridgehead atoms. The van der Waals surface area contributed by atoms with E-state index < -0.39 is 0 Å². The summed E-state index contributed by atoms with van der Waals surface area (Å²) in [5, 5.41) is 0. The predicted molar refractivity (Wildman–Crippen MR) is 49.5 cm³/mol. The Balaban J connectivity index is 0.000000640. The number of halogens is 2. The molecule has 1 nitrogen and oxygen atoms in total. The van der Waals surface area contributed by atoms with Crippen LogP contribution in [0.2, 0.25) is 0 Å². The fourth-order valence-electron chi connectivity index (χ4n) is 1.11. The Morgan fingerprint density at radius 3 is 2.11 bits per heavy atom. The number of hydrogen-bond acceptors (Lipinski definition) is 1. The van der Waals surface area contributed by atoms with E-state index in [-0.39, 0.29) is 17.0 Å². The van der Waals surface area contributed by atoms with Crippen molar-refractivity contribution in [2.75, 3.05) is 0 Å². The normalized spacial score (nSPS) is 35.3. The summed E-state index contributed by atoms with van der Waals surface area (Å²) in [5.74, 6) is 0. The maximum Gasteiger partial charge on any atom is 0.0297 e. The topological polar surface area (TPSA) is 26.0 Å². The van der Waals surface area contributed by atoms with Crippen molar-refractivity contribution in [1.82, 2.24) is 0 Å². The molecule has 0 aliphatic heterocycles. The number of hydrogen-bond donors (Lipinski definition) is 1. The van der Waals surface area contributed by atoms with Crippen LogP contribution in [0.3, 0.4) is 0 Å². The first-order valence-corrected chi connectivity index (χ1v) is 4.12. The second kappa shape index (κ2) is 4.69. The molecule has 9 heavy (non-hydrogen) atoms. The molecular formula is C6H13Br2N. The van der Waals surface area contributed by atoms with Crippen LogP contribution in [-0.2, 0) is 0 Å². The molecule has 1 aliphatic carbocycles. The summed E-state index contributed by atoms with van der Waals surface area (Å²) in [6, 6.07) is 0.420. The molecule has 0 aromatic rings. The molecule has 1 aliphatic rings. The molecule has 0 aromatic heterocycles. The van der Waals surface area contributed by atoms with Crippen LogP contribution >= 0.6 is 32.9 Å². The zero-order valence-electron chi connectivity index (χ0n) is 5.35. The molecule has 0 heterocycles. The summed E-state index contributed by atoms with van der Waals surface area (Å²) in [6.07, 6.45) is 5.14. The van der Waals surface area contributed by atoms with E-state index in [9.17, 15) is 0 Å². The third-order valence-electron chi connectivity index (χ3n) is 1.73. The predicted octanol–water partition coefficient (Wildman–Crippen LogP) is 2.23. The summed E-state index contributed by atoms with van der Waals surface area (Å²) in [7, 11) is 0. The highest BCUT2D eigenvalue weighted by Gasteiger charge is 2.17. The summed E-state index contributed by atoms with van der Waals surface area (Å²) in [4.78, 5) is 0.594. The molecule has 2 N–H and O–H groups in total. The summed E-state index contributed by atoms with van der Waals surface area (Å²) < 4.78 is 0. The van der Waals surface area contributed by atoms with E-state index in [1.165, 1.54) is 25.7 Å². The molecule has 56 valence electrons. The van der Waals surface area contributed by atoms with Gasteiger partial charge in [-0.05, 0) is 12.8 Å². The quantitative estimate of drug-likeness (QED) is 0.663. The van der Waals surface area contributed by atoms with Gasteiger partial charge in [-0.2, -0.15) is 0 Å². The fraction of sp³-hybridized carbons (Fsp3) is 1.00. The van der Waals surface area contributed by atoms with Crippen molar-refractivity contribution in [2.45, 2.75) is 36.6 Å².